The number of rotatable bonds is 5. The molecular formula is C18H17F2N3O2S3. The number of piperazine rings is 1. The predicted octanol–water partition coefficient (Wildman–Crippen LogP) is 3.66. The smallest absolute Gasteiger partial charge is 0.246 e. The maximum atomic E-state index is 13.9. The van der Waals surface area contributed by atoms with E-state index in [9.17, 15) is 17.2 Å². The minimum atomic E-state index is -3.98. The Bertz CT molecular complexity index is 1060. The van der Waals surface area contributed by atoms with Gasteiger partial charge >= 0.3 is 0 Å². The summed E-state index contributed by atoms with van der Waals surface area (Å²) in [4.78, 5) is 7.42. The SMILES string of the molecule is O=S(=O)(c1ccc(F)cc1F)N1CCN(Cc2nc(-c3cccs3)cs2)CC1. The number of thiophene rings is 1. The summed E-state index contributed by atoms with van der Waals surface area (Å²) in [7, 11) is -3.98. The highest BCUT2D eigenvalue weighted by Crippen LogP contribution is 2.27. The van der Waals surface area contributed by atoms with Crippen LogP contribution >= 0.6 is 22.7 Å². The first-order valence-corrected chi connectivity index (χ1v) is 11.8. The van der Waals surface area contributed by atoms with Crippen molar-refractivity contribution in [3.63, 3.8) is 0 Å². The predicted molar refractivity (Wildman–Crippen MR) is 106 cm³/mol. The van der Waals surface area contributed by atoms with Crippen molar-refractivity contribution in [2.75, 3.05) is 26.2 Å². The first-order chi connectivity index (χ1) is 13.4. The lowest BCUT2D eigenvalue weighted by molar-refractivity contribution is 0.181. The molecule has 0 bridgehead atoms. The molecule has 0 N–H and O–H groups in total. The zero-order valence-electron chi connectivity index (χ0n) is 14.7. The Morgan fingerprint density at radius 3 is 2.54 bits per heavy atom. The summed E-state index contributed by atoms with van der Waals surface area (Å²) >= 11 is 3.23. The molecule has 3 heterocycles. The maximum absolute atomic E-state index is 13.9. The lowest BCUT2D eigenvalue weighted by Gasteiger charge is -2.33. The van der Waals surface area contributed by atoms with Crippen LogP contribution < -0.4 is 0 Å². The summed E-state index contributed by atoms with van der Waals surface area (Å²) < 4.78 is 53.5. The average Bonchev–Trinajstić information content (AvgIpc) is 3.33. The third kappa shape index (κ3) is 4.01. The van der Waals surface area contributed by atoms with Gasteiger partial charge in [-0.3, -0.25) is 4.90 Å². The molecule has 1 fully saturated rings. The normalized spacial score (nSPS) is 16.5. The summed E-state index contributed by atoms with van der Waals surface area (Å²) in [5.74, 6) is -1.86. The fourth-order valence-electron chi connectivity index (χ4n) is 3.06. The van der Waals surface area contributed by atoms with Gasteiger partial charge in [0.25, 0.3) is 0 Å². The van der Waals surface area contributed by atoms with Crippen LogP contribution in [0.3, 0.4) is 0 Å². The van der Waals surface area contributed by atoms with Crippen LogP contribution in [-0.2, 0) is 16.6 Å². The number of thiazole rings is 1. The molecule has 1 saturated heterocycles. The van der Waals surface area contributed by atoms with Crippen LogP contribution in [0.5, 0.6) is 0 Å². The summed E-state index contributed by atoms with van der Waals surface area (Å²) in [5.41, 5.74) is 0.961. The van der Waals surface area contributed by atoms with Crippen molar-refractivity contribution >= 4 is 32.7 Å². The molecule has 0 atom stereocenters. The highest BCUT2D eigenvalue weighted by atomic mass is 32.2. The minimum absolute atomic E-state index is 0.252. The fourth-order valence-corrected chi connectivity index (χ4v) is 6.13. The Morgan fingerprint density at radius 2 is 1.86 bits per heavy atom. The Kier molecular flexibility index (Phi) is 5.57. The molecule has 3 aromatic rings. The maximum Gasteiger partial charge on any atom is 0.246 e. The van der Waals surface area contributed by atoms with Crippen LogP contribution in [0.2, 0.25) is 0 Å². The summed E-state index contributed by atoms with van der Waals surface area (Å²) in [6, 6.07) is 6.55. The Balaban J connectivity index is 1.39. The van der Waals surface area contributed by atoms with Gasteiger partial charge < -0.3 is 0 Å². The van der Waals surface area contributed by atoms with Gasteiger partial charge in [-0.2, -0.15) is 4.31 Å². The van der Waals surface area contributed by atoms with E-state index in [1.165, 1.54) is 4.31 Å². The summed E-state index contributed by atoms with van der Waals surface area (Å²) in [6.45, 7) is 2.20. The average molecular weight is 442 g/mol. The van der Waals surface area contributed by atoms with Crippen molar-refractivity contribution < 1.29 is 17.2 Å². The first-order valence-electron chi connectivity index (χ1n) is 8.59. The van der Waals surface area contributed by atoms with Gasteiger partial charge in [0.05, 0.1) is 17.1 Å². The lowest BCUT2D eigenvalue weighted by atomic mass is 10.3. The molecule has 2 aromatic heterocycles. The number of halogens is 2. The van der Waals surface area contributed by atoms with Crippen molar-refractivity contribution in [3.05, 3.63) is 57.7 Å². The summed E-state index contributed by atoms with van der Waals surface area (Å²) in [5, 5.41) is 5.02. The van der Waals surface area contributed by atoms with E-state index in [2.05, 4.69) is 9.88 Å². The molecule has 10 heteroatoms. The molecule has 28 heavy (non-hydrogen) atoms. The monoisotopic (exact) mass is 441 g/mol. The number of hydrogen-bond acceptors (Lipinski definition) is 6. The van der Waals surface area contributed by atoms with E-state index in [1.54, 1.807) is 22.7 Å². The Morgan fingerprint density at radius 1 is 1.07 bits per heavy atom. The molecule has 0 saturated carbocycles. The molecule has 1 aliphatic heterocycles. The van der Waals surface area contributed by atoms with E-state index in [-0.39, 0.29) is 13.1 Å². The second-order valence-corrected chi connectivity index (χ2v) is 10.2. The Hall–Kier alpha value is -1.72. The third-order valence-corrected chi connectivity index (χ3v) is 8.19. The van der Waals surface area contributed by atoms with Crippen molar-refractivity contribution in [2.45, 2.75) is 11.4 Å². The van der Waals surface area contributed by atoms with E-state index >= 15 is 0 Å². The van der Waals surface area contributed by atoms with Crippen LogP contribution in [0.4, 0.5) is 8.78 Å². The molecule has 1 aromatic carbocycles. The van der Waals surface area contributed by atoms with E-state index in [0.717, 1.165) is 27.7 Å². The molecule has 148 valence electrons. The molecule has 0 amide bonds. The molecule has 0 spiro atoms. The Labute approximate surface area is 169 Å². The van der Waals surface area contributed by atoms with E-state index in [1.807, 2.05) is 22.9 Å². The second kappa shape index (κ2) is 7.96. The largest absolute Gasteiger partial charge is 0.294 e. The van der Waals surface area contributed by atoms with Gasteiger partial charge in [0, 0.05) is 37.6 Å². The van der Waals surface area contributed by atoms with Crippen LogP contribution in [0.1, 0.15) is 5.01 Å². The van der Waals surface area contributed by atoms with E-state index < -0.39 is 26.6 Å². The topological polar surface area (TPSA) is 53.5 Å². The van der Waals surface area contributed by atoms with Crippen molar-refractivity contribution in [3.8, 4) is 10.6 Å². The van der Waals surface area contributed by atoms with Crippen LogP contribution in [0.15, 0.2) is 46.0 Å². The van der Waals surface area contributed by atoms with Crippen LogP contribution in [-0.4, -0.2) is 48.8 Å². The van der Waals surface area contributed by atoms with Gasteiger partial charge in [-0.05, 0) is 23.6 Å². The highest BCUT2D eigenvalue weighted by molar-refractivity contribution is 7.89. The highest BCUT2D eigenvalue weighted by Gasteiger charge is 2.31. The van der Waals surface area contributed by atoms with Crippen molar-refractivity contribution in [2.24, 2.45) is 0 Å². The zero-order chi connectivity index (χ0) is 19.7. The molecule has 0 aliphatic carbocycles. The van der Waals surface area contributed by atoms with Gasteiger partial charge in [-0.1, -0.05) is 6.07 Å². The number of aromatic nitrogens is 1. The van der Waals surface area contributed by atoms with Gasteiger partial charge in [-0.15, -0.1) is 22.7 Å². The number of nitrogens with zero attached hydrogens (tertiary/aromatic N) is 3. The van der Waals surface area contributed by atoms with E-state index in [4.69, 9.17) is 0 Å². The molecule has 5 nitrogen and oxygen atoms in total. The molecule has 0 radical (unpaired) electrons. The van der Waals surface area contributed by atoms with Gasteiger partial charge in [-0.25, -0.2) is 22.2 Å². The number of hydrogen-bond donors (Lipinski definition) is 0. The van der Waals surface area contributed by atoms with E-state index in [0.29, 0.717) is 25.7 Å². The molecular weight excluding hydrogens is 424 g/mol. The molecule has 0 unspecified atom stereocenters. The number of sulfonamides is 1. The molecule has 4 rings (SSSR count). The van der Waals surface area contributed by atoms with Gasteiger partial charge in [0.15, 0.2) is 0 Å². The van der Waals surface area contributed by atoms with Crippen LogP contribution in [0.25, 0.3) is 10.6 Å². The number of benzene rings is 1. The lowest BCUT2D eigenvalue weighted by Crippen LogP contribution is -2.48. The fraction of sp³-hybridized carbons (Fsp3) is 0.278. The van der Waals surface area contributed by atoms with Gasteiger partial charge in [0.2, 0.25) is 10.0 Å². The minimum Gasteiger partial charge on any atom is -0.294 e. The standard InChI is InChI=1S/C18H17F2N3O2S3/c19-13-3-4-17(14(20)10-13)28(24,25)23-7-5-22(6-8-23)11-18-21-15(12-27-18)16-2-1-9-26-16/h1-4,9-10,12H,5-8,11H2. The first kappa shape index (κ1) is 19.6. The van der Waals surface area contributed by atoms with Crippen molar-refractivity contribution in [1.82, 2.24) is 14.2 Å². The van der Waals surface area contributed by atoms with Crippen LogP contribution in [0, 0.1) is 11.6 Å². The molecule has 1 aliphatic rings. The quantitative estimate of drug-likeness (QED) is 0.607. The summed E-state index contributed by atoms with van der Waals surface area (Å²) in [6.07, 6.45) is 0. The zero-order valence-corrected chi connectivity index (χ0v) is 17.2. The third-order valence-electron chi connectivity index (χ3n) is 4.53. The second-order valence-electron chi connectivity index (χ2n) is 6.36. The van der Waals surface area contributed by atoms with Gasteiger partial charge in [0.1, 0.15) is 21.5 Å². The van der Waals surface area contributed by atoms with Crippen molar-refractivity contribution in [1.29, 1.82) is 0 Å².